The molecule has 2 fully saturated rings. The first-order chi connectivity index (χ1) is 15.7. The van der Waals surface area contributed by atoms with Gasteiger partial charge >= 0.3 is 0 Å². The second-order valence-electron chi connectivity index (χ2n) is 11.1. The summed E-state index contributed by atoms with van der Waals surface area (Å²) in [6, 6.07) is 3.87. The van der Waals surface area contributed by atoms with Crippen molar-refractivity contribution in [1.29, 1.82) is 0 Å². The number of allylic oxidation sites excluding steroid dienone is 1. The summed E-state index contributed by atoms with van der Waals surface area (Å²) in [4.78, 5) is 0. The highest BCUT2D eigenvalue weighted by molar-refractivity contribution is 5.38. The molecule has 1 aromatic heterocycles. The van der Waals surface area contributed by atoms with Crippen LogP contribution in [0.1, 0.15) is 50.8 Å². The van der Waals surface area contributed by atoms with Gasteiger partial charge in [-0.05, 0) is 97.3 Å². The number of halogens is 2. The van der Waals surface area contributed by atoms with Crippen LogP contribution < -0.4 is 5.73 Å². The van der Waals surface area contributed by atoms with Crippen LogP contribution in [-0.4, -0.2) is 28.0 Å². The first-order valence-corrected chi connectivity index (χ1v) is 12.2. The maximum Gasteiger partial charge on any atom is 0.160 e. The van der Waals surface area contributed by atoms with Crippen LogP contribution in [0.25, 0.3) is 5.69 Å². The van der Waals surface area contributed by atoms with Crippen LogP contribution in [-0.2, 0) is 12.8 Å². The molecule has 1 heterocycles. The summed E-state index contributed by atoms with van der Waals surface area (Å²) in [7, 11) is 0. The Kier molecular flexibility index (Phi) is 5.52. The Balaban J connectivity index is 1.50. The first-order valence-electron chi connectivity index (χ1n) is 12.2. The Morgan fingerprint density at radius 3 is 2.70 bits per heavy atom. The molecule has 33 heavy (non-hydrogen) atoms. The molecule has 178 valence electrons. The van der Waals surface area contributed by atoms with Crippen LogP contribution in [0.15, 0.2) is 36.5 Å². The standard InChI is InChI=1S/C27H35F2N3O/c1-16-4-6-21-20(13-30)22(8-9-26(16,21)2)27(3)12-17-14-31-32(25(17)10-18(27)15-33)19-5-7-23(28)24(29)11-19/h5,7,11,14,18,20-22,33H,1,4,6,8-10,12-13,15,30H2,2-3H3/t18?,20?,21-,22?,26+,27?/m0/s1. The minimum atomic E-state index is -0.884. The van der Waals surface area contributed by atoms with Crippen molar-refractivity contribution in [2.45, 2.75) is 52.4 Å². The number of aromatic nitrogens is 2. The van der Waals surface area contributed by atoms with E-state index in [1.807, 2.05) is 6.20 Å². The molecule has 3 aliphatic rings. The molecule has 0 radical (unpaired) electrons. The van der Waals surface area contributed by atoms with E-state index >= 15 is 0 Å². The summed E-state index contributed by atoms with van der Waals surface area (Å²) in [6.45, 7) is 9.84. The van der Waals surface area contributed by atoms with E-state index in [-0.39, 0.29) is 23.4 Å². The summed E-state index contributed by atoms with van der Waals surface area (Å²) in [6.07, 6.45) is 7.80. The molecule has 6 heteroatoms. The van der Waals surface area contributed by atoms with Crippen molar-refractivity contribution in [2.75, 3.05) is 13.2 Å². The lowest BCUT2D eigenvalue weighted by molar-refractivity contribution is -0.0537. The van der Waals surface area contributed by atoms with Gasteiger partial charge in [-0.2, -0.15) is 5.10 Å². The number of fused-ring (bicyclic) bond motifs is 2. The van der Waals surface area contributed by atoms with Crippen LogP contribution in [0.5, 0.6) is 0 Å². The van der Waals surface area contributed by atoms with Gasteiger partial charge in [0.15, 0.2) is 11.6 Å². The van der Waals surface area contributed by atoms with Crippen molar-refractivity contribution < 1.29 is 13.9 Å². The highest BCUT2D eigenvalue weighted by Gasteiger charge is 2.56. The number of nitrogens with zero attached hydrogens (tertiary/aromatic N) is 2. The van der Waals surface area contributed by atoms with Gasteiger partial charge in [0.2, 0.25) is 0 Å². The Bertz CT molecular complexity index is 1080. The van der Waals surface area contributed by atoms with E-state index in [2.05, 4.69) is 25.5 Å². The normalized spacial score (nSPS) is 36.0. The second kappa shape index (κ2) is 8.02. The van der Waals surface area contributed by atoms with Crippen LogP contribution in [0.2, 0.25) is 0 Å². The van der Waals surface area contributed by atoms with Gasteiger partial charge < -0.3 is 10.8 Å². The number of hydrogen-bond donors (Lipinski definition) is 2. The molecule has 0 amide bonds. The van der Waals surface area contributed by atoms with Crippen LogP contribution in [0.3, 0.4) is 0 Å². The fourth-order valence-corrected chi connectivity index (χ4v) is 7.68. The molecule has 5 rings (SSSR count). The molecule has 2 aromatic rings. The maximum absolute atomic E-state index is 13.9. The van der Waals surface area contributed by atoms with Gasteiger partial charge in [-0.3, -0.25) is 0 Å². The van der Waals surface area contributed by atoms with Crippen LogP contribution in [0.4, 0.5) is 8.78 Å². The van der Waals surface area contributed by atoms with E-state index in [9.17, 15) is 13.9 Å². The molecule has 3 aliphatic carbocycles. The van der Waals surface area contributed by atoms with Gasteiger partial charge in [-0.1, -0.05) is 26.0 Å². The molecule has 3 N–H and O–H groups in total. The van der Waals surface area contributed by atoms with Crippen molar-refractivity contribution in [3.05, 3.63) is 59.4 Å². The Morgan fingerprint density at radius 1 is 1.21 bits per heavy atom. The SMILES string of the molecule is C=C1CC[C@H]2C(CN)C(C3(C)Cc4cnn(-c5ccc(F)c(F)c5)c4CC3CO)CC[C@]12C. The summed E-state index contributed by atoms with van der Waals surface area (Å²) < 4.78 is 29.1. The van der Waals surface area contributed by atoms with Crippen molar-refractivity contribution in [3.8, 4) is 5.69 Å². The van der Waals surface area contributed by atoms with E-state index in [0.717, 1.165) is 49.4 Å². The van der Waals surface area contributed by atoms with E-state index < -0.39 is 11.6 Å². The van der Waals surface area contributed by atoms with Crippen molar-refractivity contribution in [3.63, 3.8) is 0 Å². The number of aliphatic hydroxyl groups excluding tert-OH is 1. The molecule has 0 saturated heterocycles. The zero-order chi connectivity index (χ0) is 23.5. The van der Waals surface area contributed by atoms with Crippen molar-refractivity contribution in [2.24, 2.45) is 40.2 Å². The van der Waals surface area contributed by atoms with E-state index in [4.69, 9.17) is 5.73 Å². The molecule has 4 unspecified atom stereocenters. The quantitative estimate of drug-likeness (QED) is 0.650. The molecule has 0 bridgehead atoms. The largest absolute Gasteiger partial charge is 0.396 e. The Hall–Kier alpha value is -2.05. The maximum atomic E-state index is 13.9. The Morgan fingerprint density at radius 2 is 2.00 bits per heavy atom. The molecule has 2 saturated carbocycles. The molecule has 0 aliphatic heterocycles. The number of aliphatic hydroxyl groups is 1. The predicted octanol–water partition coefficient (Wildman–Crippen LogP) is 4.82. The van der Waals surface area contributed by atoms with Crippen molar-refractivity contribution >= 4 is 0 Å². The minimum absolute atomic E-state index is 0.0544. The van der Waals surface area contributed by atoms with E-state index in [1.54, 1.807) is 10.7 Å². The fourth-order valence-electron chi connectivity index (χ4n) is 7.68. The lowest BCUT2D eigenvalue weighted by Gasteiger charge is -2.55. The highest BCUT2D eigenvalue weighted by atomic mass is 19.2. The minimum Gasteiger partial charge on any atom is -0.396 e. The monoisotopic (exact) mass is 455 g/mol. The summed E-state index contributed by atoms with van der Waals surface area (Å²) in [5.74, 6) is -0.319. The third-order valence-electron chi connectivity index (χ3n) is 9.78. The van der Waals surface area contributed by atoms with Crippen LogP contribution in [0, 0.1) is 46.1 Å². The van der Waals surface area contributed by atoms with Gasteiger partial charge in [0.05, 0.1) is 11.9 Å². The highest BCUT2D eigenvalue weighted by Crippen LogP contribution is 2.62. The lowest BCUT2D eigenvalue weighted by atomic mass is 9.49. The third kappa shape index (κ3) is 3.32. The average molecular weight is 456 g/mol. The molecule has 4 nitrogen and oxygen atoms in total. The first kappa shape index (κ1) is 22.7. The predicted molar refractivity (Wildman–Crippen MR) is 125 cm³/mol. The van der Waals surface area contributed by atoms with E-state index in [0.29, 0.717) is 36.4 Å². The van der Waals surface area contributed by atoms with Gasteiger partial charge in [0, 0.05) is 18.4 Å². The fraction of sp³-hybridized carbons (Fsp3) is 0.593. The van der Waals surface area contributed by atoms with E-state index in [1.165, 1.54) is 11.6 Å². The zero-order valence-corrected chi connectivity index (χ0v) is 19.7. The number of nitrogens with two attached hydrogens (primary N) is 1. The van der Waals surface area contributed by atoms with Gasteiger partial charge in [0.1, 0.15) is 0 Å². The summed E-state index contributed by atoms with van der Waals surface area (Å²) in [5, 5.41) is 15.1. The smallest absolute Gasteiger partial charge is 0.160 e. The molecule has 0 spiro atoms. The molecule has 1 aromatic carbocycles. The van der Waals surface area contributed by atoms with Crippen LogP contribution >= 0.6 is 0 Å². The van der Waals surface area contributed by atoms with Crippen molar-refractivity contribution in [1.82, 2.24) is 9.78 Å². The number of hydrogen-bond acceptors (Lipinski definition) is 3. The Labute approximate surface area is 194 Å². The molecular formula is C27H35F2N3O. The zero-order valence-electron chi connectivity index (χ0n) is 19.7. The molecular weight excluding hydrogens is 420 g/mol. The number of rotatable bonds is 4. The topological polar surface area (TPSA) is 64.1 Å². The van der Waals surface area contributed by atoms with Gasteiger partial charge in [-0.15, -0.1) is 0 Å². The summed E-state index contributed by atoms with van der Waals surface area (Å²) >= 11 is 0. The number of benzene rings is 1. The van der Waals surface area contributed by atoms with Gasteiger partial charge in [-0.25, -0.2) is 13.5 Å². The lowest BCUT2D eigenvalue weighted by Crippen LogP contribution is -2.53. The molecule has 6 atom stereocenters. The van der Waals surface area contributed by atoms with Gasteiger partial charge in [0.25, 0.3) is 0 Å². The average Bonchev–Trinajstić information content (AvgIpc) is 3.34. The summed E-state index contributed by atoms with van der Waals surface area (Å²) in [5.41, 5.74) is 10.5. The third-order valence-corrected chi connectivity index (χ3v) is 9.78. The second-order valence-corrected chi connectivity index (χ2v) is 11.1.